The van der Waals surface area contributed by atoms with E-state index < -0.39 is 0 Å². The van der Waals surface area contributed by atoms with Crippen molar-refractivity contribution in [3.63, 3.8) is 0 Å². The first kappa shape index (κ1) is 6.96. The largest absolute Gasteiger partial charge is 0.328 e. The number of rotatable bonds is 2. The third-order valence-corrected chi connectivity index (χ3v) is 0.688. The van der Waals surface area contributed by atoms with Crippen molar-refractivity contribution < 1.29 is 0 Å². The van der Waals surface area contributed by atoms with E-state index in [1.807, 2.05) is 6.92 Å². The summed E-state index contributed by atoms with van der Waals surface area (Å²) in [6.45, 7) is 6.24. The Bertz CT molecular complexity index is 33.4. The van der Waals surface area contributed by atoms with E-state index in [0.717, 1.165) is 0 Å². The second kappa shape index (κ2) is 3.03. The van der Waals surface area contributed by atoms with E-state index in [1.54, 1.807) is 0 Å². The normalized spacial score (nSPS) is 15.0. The van der Waals surface area contributed by atoms with Crippen molar-refractivity contribution >= 4 is 0 Å². The topological polar surface area (TPSA) is 26.0 Å². The Labute approximate surface area is 45.9 Å². The van der Waals surface area contributed by atoms with Crippen LogP contribution in [0, 0.1) is 12.3 Å². The summed E-state index contributed by atoms with van der Waals surface area (Å²) < 4.78 is 0. The highest BCUT2D eigenvalue weighted by Gasteiger charge is 1.96. The molecule has 0 rings (SSSR count). The summed E-state index contributed by atoms with van der Waals surface area (Å²) in [7, 11) is 0. The summed E-state index contributed by atoms with van der Waals surface area (Å²) in [5.74, 6) is 0.625. The minimum absolute atomic E-state index is 0.250. The molecule has 2 N–H and O–H groups in total. The molecule has 0 heterocycles. The predicted octanol–water partition coefficient (Wildman–Crippen LogP) is 1.19. The molecule has 0 bridgehead atoms. The first-order valence-corrected chi connectivity index (χ1v) is 2.73. The third-order valence-electron chi connectivity index (χ3n) is 0.688. The van der Waals surface area contributed by atoms with Gasteiger partial charge in [-0.3, -0.25) is 0 Å². The second-order valence-corrected chi connectivity index (χ2v) is 2.30. The van der Waals surface area contributed by atoms with Crippen LogP contribution in [0.2, 0.25) is 0 Å². The maximum absolute atomic E-state index is 5.44. The Morgan fingerprint density at radius 3 is 1.71 bits per heavy atom. The Morgan fingerprint density at radius 1 is 1.29 bits per heavy atom. The quantitative estimate of drug-likeness (QED) is 0.554. The molecule has 0 saturated heterocycles. The van der Waals surface area contributed by atoms with Gasteiger partial charge in [-0.15, -0.1) is 0 Å². The van der Waals surface area contributed by atoms with Crippen LogP contribution < -0.4 is 5.73 Å². The van der Waals surface area contributed by atoms with Crippen LogP contribution in [0.15, 0.2) is 0 Å². The monoisotopic (exact) mass is 100 g/mol. The van der Waals surface area contributed by atoms with Crippen molar-refractivity contribution in [2.75, 3.05) is 0 Å². The van der Waals surface area contributed by atoms with E-state index in [-0.39, 0.29) is 6.04 Å². The highest BCUT2D eigenvalue weighted by Crippen LogP contribution is 1.98. The summed E-state index contributed by atoms with van der Waals surface area (Å²) in [6.07, 6.45) is 2.11. The third kappa shape index (κ3) is 5.96. The standard InChI is InChI=1S/C6H14N/c1-5(2)4-6(3)7/h4-6H,7H2,1-3H3. The second-order valence-electron chi connectivity index (χ2n) is 2.30. The van der Waals surface area contributed by atoms with Crippen LogP contribution in [-0.4, -0.2) is 6.04 Å². The molecule has 0 aromatic heterocycles. The van der Waals surface area contributed by atoms with E-state index >= 15 is 0 Å². The van der Waals surface area contributed by atoms with Gasteiger partial charge in [0, 0.05) is 6.04 Å². The number of nitrogens with two attached hydrogens (primary N) is 1. The van der Waals surface area contributed by atoms with Crippen molar-refractivity contribution in [3.05, 3.63) is 6.42 Å². The van der Waals surface area contributed by atoms with E-state index in [0.29, 0.717) is 5.92 Å². The van der Waals surface area contributed by atoms with E-state index in [9.17, 15) is 0 Å². The van der Waals surface area contributed by atoms with Gasteiger partial charge in [0.1, 0.15) is 0 Å². The van der Waals surface area contributed by atoms with Crippen LogP contribution in [0.1, 0.15) is 20.8 Å². The fraction of sp³-hybridized carbons (Fsp3) is 0.833. The Hall–Kier alpha value is -0.0400. The maximum Gasteiger partial charge on any atom is 0.00445 e. The van der Waals surface area contributed by atoms with Gasteiger partial charge in [-0.05, 0) is 19.3 Å². The van der Waals surface area contributed by atoms with Crippen molar-refractivity contribution in [1.29, 1.82) is 0 Å². The van der Waals surface area contributed by atoms with Gasteiger partial charge >= 0.3 is 0 Å². The van der Waals surface area contributed by atoms with E-state index in [4.69, 9.17) is 5.73 Å². The zero-order valence-corrected chi connectivity index (χ0v) is 5.31. The van der Waals surface area contributed by atoms with Gasteiger partial charge in [0.25, 0.3) is 0 Å². The fourth-order valence-electron chi connectivity index (χ4n) is 0.607. The zero-order valence-electron chi connectivity index (χ0n) is 5.31. The molecule has 1 nitrogen and oxygen atoms in total. The zero-order chi connectivity index (χ0) is 5.86. The lowest BCUT2D eigenvalue weighted by molar-refractivity contribution is 0.665. The summed E-state index contributed by atoms with van der Waals surface area (Å²) in [4.78, 5) is 0. The van der Waals surface area contributed by atoms with Gasteiger partial charge in [-0.25, -0.2) is 0 Å². The molecule has 7 heavy (non-hydrogen) atoms. The lowest BCUT2D eigenvalue weighted by Gasteiger charge is -2.05. The van der Waals surface area contributed by atoms with Gasteiger partial charge in [-0.2, -0.15) is 0 Å². The molecule has 1 radical (unpaired) electrons. The predicted molar refractivity (Wildman–Crippen MR) is 32.8 cm³/mol. The number of hydrogen-bond donors (Lipinski definition) is 1. The molecule has 43 valence electrons. The first-order valence-electron chi connectivity index (χ1n) is 2.73. The highest BCUT2D eigenvalue weighted by molar-refractivity contribution is 4.77. The summed E-state index contributed by atoms with van der Waals surface area (Å²) in [5.41, 5.74) is 5.44. The molecule has 0 aromatic rings. The molecule has 1 unspecified atom stereocenters. The Balaban J connectivity index is 2.95. The average molecular weight is 100 g/mol. The summed E-state index contributed by atoms with van der Waals surface area (Å²) >= 11 is 0. The highest BCUT2D eigenvalue weighted by atomic mass is 14.6. The maximum atomic E-state index is 5.44. The van der Waals surface area contributed by atoms with Crippen LogP contribution in [0.3, 0.4) is 0 Å². The van der Waals surface area contributed by atoms with E-state index in [1.165, 1.54) is 0 Å². The molecule has 0 aliphatic carbocycles. The molecule has 0 saturated carbocycles. The lowest BCUT2D eigenvalue weighted by atomic mass is 10.1. The summed E-state index contributed by atoms with van der Waals surface area (Å²) in [5, 5.41) is 0. The van der Waals surface area contributed by atoms with Gasteiger partial charge in [0.2, 0.25) is 0 Å². The van der Waals surface area contributed by atoms with Crippen molar-refractivity contribution in [1.82, 2.24) is 0 Å². The first-order chi connectivity index (χ1) is 3.13. The van der Waals surface area contributed by atoms with Crippen LogP contribution in [0.5, 0.6) is 0 Å². The summed E-state index contributed by atoms with van der Waals surface area (Å²) in [6, 6.07) is 0.250. The van der Waals surface area contributed by atoms with Gasteiger partial charge in [-0.1, -0.05) is 13.8 Å². The van der Waals surface area contributed by atoms with Gasteiger partial charge < -0.3 is 5.73 Å². The Morgan fingerprint density at radius 2 is 1.71 bits per heavy atom. The average Bonchev–Trinajstić information content (AvgIpc) is 1.27. The van der Waals surface area contributed by atoms with Gasteiger partial charge in [0.05, 0.1) is 0 Å². The molecule has 0 spiro atoms. The molecule has 0 amide bonds. The van der Waals surface area contributed by atoms with Crippen LogP contribution in [0.25, 0.3) is 0 Å². The molecular formula is C6H14N. The molecule has 0 aromatic carbocycles. The van der Waals surface area contributed by atoms with Crippen LogP contribution in [-0.2, 0) is 0 Å². The minimum Gasteiger partial charge on any atom is -0.328 e. The van der Waals surface area contributed by atoms with Crippen LogP contribution in [0.4, 0.5) is 0 Å². The smallest absolute Gasteiger partial charge is 0.00445 e. The van der Waals surface area contributed by atoms with Gasteiger partial charge in [0.15, 0.2) is 0 Å². The molecule has 0 aliphatic heterocycles. The van der Waals surface area contributed by atoms with Crippen LogP contribution >= 0.6 is 0 Å². The SMILES string of the molecule is CC(C)[CH]C(C)N. The lowest BCUT2D eigenvalue weighted by Crippen LogP contribution is -2.17. The number of hydrogen-bond acceptors (Lipinski definition) is 1. The Kier molecular flexibility index (Phi) is 3.01. The fourth-order valence-corrected chi connectivity index (χ4v) is 0.607. The molecule has 1 atom stereocenters. The van der Waals surface area contributed by atoms with Crippen molar-refractivity contribution in [3.8, 4) is 0 Å². The minimum atomic E-state index is 0.250. The van der Waals surface area contributed by atoms with Crippen molar-refractivity contribution in [2.24, 2.45) is 11.7 Å². The molecular weight excluding hydrogens is 86.1 g/mol. The molecule has 1 heteroatoms. The van der Waals surface area contributed by atoms with Crippen molar-refractivity contribution in [2.45, 2.75) is 26.8 Å². The molecule has 0 aliphatic rings. The molecule has 0 fully saturated rings. The van der Waals surface area contributed by atoms with E-state index in [2.05, 4.69) is 20.3 Å².